The highest BCUT2D eigenvalue weighted by molar-refractivity contribution is 6.31. The molecule has 0 radical (unpaired) electrons. The number of nitriles is 1. The number of nitrogens with one attached hydrogen (secondary N) is 1. The number of piperidine rings is 1. The number of hydrogen-bond donors (Lipinski definition) is 1. The number of benzene rings is 3. The number of carbonyl (C=O) groups is 5. The molecule has 5 aliphatic heterocycles. The fourth-order valence-electron chi connectivity index (χ4n) is 11.2. The van der Waals surface area contributed by atoms with Crippen molar-refractivity contribution in [3.63, 3.8) is 0 Å². The predicted octanol–water partition coefficient (Wildman–Crippen LogP) is 5.10. The molecular formula is C45H48ClN7O6. The van der Waals surface area contributed by atoms with Gasteiger partial charge in [0.05, 0.1) is 21.7 Å². The molecule has 0 bridgehead atoms. The molecule has 3 saturated heterocycles. The number of halogens is 1. The Morgan fingerprint density at radius 3 is 2.19 bits per heavy atom. The monoisotopic (exact) mass is 817 g/mol. The quantitative estimate of drug-likeness (QED) is 0.305. The van der Waals surface area contributed by atoms with Crippen LogP contribution in [0.2, 0.25) is 5.02 Å². The van der Waals surface area contributed by atoms with E-state index >= 15 is 0 Å². The number of amides is 5. The maximum atomic E-state index is 13.9. The molecule has 5 heterocycles. The molecular weight excluding hydrogens is 770 g/mol. The van der Waals surface area contributed by atoms with E-state index in [1.54, 1.807) is 30.3 Å². The lowest BCUT2D eigenvalue weighted by atomic mass is 9.49. The van der Waals surface area contributed by atoms with E-state index in [0.717, 1.165) is 79.6 Å². The number of nitrogens with zero attached hydrogens (tertiary/aromatic N) is 6. The Morgan fingerprint density at radius 2 is 1.49 bits per heavy atom. The molecule has 306 valence electrons. The summed E-state index contributed by atoms with van der Waals surface area (Å²) in [5.74, 6) is -0.855. The molecule has 59 heavy (non-hydrogen) atoms. The summed E-state index contributed by atoms with van der Waals surface area (Å²) >= 11 is 6.31. The van der Waals surface area contributed by atoms with E-state index in [4.69, 9.17) is 16.3 Å². The van der Waals surface area contributed by atoms with Gasteiger partial charge in [-0.05, 0) is 72.9 Å². The molecule has 9 rings (SSSR count). The van der Waals surface area contributed by atoms with Gasteiger partial charge in [0, 0.05) is 98.7 Å². The summed E-state index contributed by atoms with van der Waals surface area (Å²) in [4.78, 5) is 74.9. The Hall–Kier alpha value is -5.45. The van der Waals surface area contributed by atoms with Gasteiger partial charge >= 0.3 is 0 Å². The summed E-state index contributed by atoms with van der Waals surface area (Å²) in [7, 11) is 0. The minimum Gasteiger partial charge on any atom is -0.489 e. The van der Waals surface area contributed by atoms with Crippen molar-refractivity contribution in [3.05, 3.63) is 87.4 Å². The number of carbonyl (C=O) groups excluding carboxylic acids is 5. The Balaban J connectivity index is 0.785. The third kappa shape index (κ3) is 6.52. The van der Waals surface area contributed by atoms with Crippen LogP contribution in [0.15, 0.2) is 54.6 Å². The largest absolute Gasteiger partial charge is 0.489 e. The molecule has 1 saturated carbocycles. The molecule has 3 aromatic carbocycles. The van der Waals surface area contributed by atoms with Gasteiger partial charge in [0.15, 0.2) is 0 Å². The van der Waals surface area contributed by atoms with Crippen molar-refractivity contribution in [2.45, 2.75) is 71.7 Å². The zero-order valence-electron chi connectivity index (χ0n) is 33.8. The molecule has 14 heteroatoms. The minimum absolute atomic E-state index is 0.0444. The number of hydrogen-bond acceptors (Lipinski definition) is 10. The summed E-state index contributed by atoms with van der Waals surface area (Å²) in [6, 6.07) is 17.8. The highest BCUT2D eigenvalue weighted by atomic mass is 35.5. The number of imide groups is 2. The van der Waals surface area contributed by atoms with Crippen molar-refractivity contribution >= 4 is 52.5 Å². The molecule has 5 amide bonds. The van der Waals surface area contributed by atoms with Crippen LogP contribution in [0, 0.1) is 28.1 Å². The second kappa shape index (κ2) is 14.4. The first kappa shape index (κ1) is 39.0. The summed E-state index contributed by atoms with van der Waals surface area (Å²) < 4.78 is 6.50. The molecule has 0 aromatic heterocycles. The van der Waals surface area contributed by atoms with Crippen LogP contribution in [0.25, 0.3) is 0 Å². The number of piperazine rings is 1. The molecule has 3 aromatic rings. The van der Waals surface area contributed by atoms with Crippen molar-refractivity contribution < 1.29 is 28.7 Å². The zero-order chi connectivity index (χ0) is 41.5. The zero-order valence-corrected chi connectivity index (χ0v) is 34.6. The van der Waals surface area contributed by atoms with E-state index in [0.29, 0.717) is 39.9 Å². The lowest BCUT2D eigenvalue weighted by molar-refractivity contribution is -0.199. The third-order valence-electron chi connectivity index (χ3n) is 13.6. The Labute approximate surface area is 348 Å². The van der Waals surface area contributed by atoms with Gasteiger partial charge in [0.2, 0.25) is 11.8 Å². The standard InChI is InChI=1S/C45H48ClN7O6/c1-44(2)42(45(3,4)43(44)59-31-8-5-27(22-47)35(46)21-31)52-25-28-19-29(6-9-32(28)39(52)56)50-17-15-49(16-18-50)23-26-13-14-51(24-26)30-7-10-33-34(20-30)41(58)53(40(33)57)36-11-12-37(54)48-38(36)55/h5-10,19-21,26,36,42-43H,11-18,23-25H2,1-4H3,(H,48,54,55)/t26-,36?,42-,43-/m1/s1. The molecule has 0 spiro atoms. The van der Waals surface area contributed by atoms with E-state index in [1.807, 2.05) is 17.0 Å². The van der Waals surface area contributed by atoms with Crippen molar-refractivity contribution in [2.75, 3.05) is 55.6 Å². The molecule has 6 aliphatic rings. The number of fused-ring (bicyclic) bond motifs is 2. The van der Waals surface area contributed by atoms with Crippen LogP contribution < -0.4 is 19.9 Å². The summed E-state index contributed by atoms with van der Waals surface area (Å²) in [6.07, 6.45) is 1.07. The maximum absolute atomic E-state index is 13.9. The van der Waals surface area contributed by atoms with E-state index < -0.39 is 29.7 Å². The SMILES string of the molecule is CC1(C)[C@H](Oc2ccc(C#N)c(Cl)c2)C(C)(C)[C@H]1N1Cc2cc(N3CCN(C[C@H]4CCN(c5ccc6c(c5)C(=O)N(C5CCC(=O)NC5=O)C6=O)C4)CC3)ccc2C1=O. The smallest absolute Gasteiger partial charge is 0.262 e. The van der Waals surface area contributed by atoms with Gasteiger partial charge in [0.1, 0.15) is 24.0 Å². The first-order chi connectivity index (χ1) is 28.1. The second-order valence-corrected chi connectivity index (χ2v) is 18.5. The highest BCUT2D eigenvalue weighted by Gasteiger charge is 2.67. The van der Waals surface area contributed by atoms with Crippen LogP contribution in [0.1, 0.15) is 89.2 Å². The number of rotatable bonds is 8. The van der Waals surface area contributed by atoms with E-state index in [2.05, 4.69) is 65.9 Å². The van der Waals surface area contributed by atoms with Crippen molar-refractivity contribution in [2.24, 2.45) is 16.7 Å². The highest BCUT2D eigenvalue weighted by Crippen LogP contribution is 2.59. The Bertz CT molecular complexity index is 2330. The predicted molar refractivity (Wildman–Crippen MR) is 220 cm³/mol. The summed E-state index contributed by atoms with van der Waals surface area (Å²) in [5, 5.41) is 11.9. The van der Waals surface area contributed by atoms with Crippen LogP contribution in [-0.2, 0) is 16.1 Å². The van der Waals surface area contributed by atoms with Gasteiger partial charge in [-0.2, -0.15) is 5.26 Å². The van der Waals surface area contributed by atoms with Crippen molar-refractivity contribution in [1.82, 2.24) is 20.0 Å². The lowest BCUT2D eigenvalue weighted by Gasteiger charge is -2.65. The number of ether oxygens (including phenoxy) is 1. The molecule has 2 atom stereocenters. The summed E-state index contributed by atoms with van der Waals surface area (Å²) in [6.45, 7) is 15.5. The molecule has 1 N–H and O–H groups in total. The normalized spacial score (nSPS) is 26.1. The molecule has 1 aliphatic carbocycles. The summed E-state index contributed by atoms with van der Waals surface area (Å²) in [5.41, 5.74) is 4.18. The van der Waals surface area contributed by atoms with Gasteiger partial charge in [0.25, 0.3) is 17.7 Å². The average molecular weight is 818 g/mol. The average Bonchev–Trinajstić information content (AvgIpc) is 3.87. The van der Waals surface area contributed by atoms with E-state index in [1.165, 1.54) is 0 Å². The van der Waals surface area contributed by atoms with Gasteiger partial charge in [-0.3, -0.25) is 39.1 Å². The Kier molecular flexibility index (Phi) is 9.51. The third-order valence-corrected chi connectivity index (χ3v) is 13.9. The Morgan fingerprint density at radius 1 is 0.797 bits per heavy atom. The topological polar surface area (TPSA) is 147 Å². The number of anilines is 2. The van der Waals surface area contributed by atoms with E-state index in [9.17, 15) is 29.2 Å². The second-order valence-electron chi connectivity index (χ2n) is 18.1. The van der Waals surface area contributed by atoms with E-state index in [-0.39, 0.29) is 41.7 Å². The lowest BCUT2D eigenvalue weighted by Crippen LogP contribution is -2.74. The van der Waals surface area contributed by atoms with Crippen LogP contribution >= 0.6 is 11.6 Å². The molecule has 4 fully saturated rings. The first-order valence-corrected chi connectivity index (χ1v) is 20.9. The van der Waals surface area contributed by atoms with Gasteiger partial charge in [-0.15, -0.1) is 0 Å². The van der Waals surface area contributed by atoms with Crippen molar-refractivity contribution in [1.29, 1.82) is 5.26 Å². The van der Waals surface area contributed by atoms with Crippen LogP contribution in [0.3, 0.4) is 0 Å². The van der Waals surface area contributed by atoms with Crippen LogP contribution in [0.5, 0.6) is 5.75 Å². The maximum Gasteiger partial charge on any atom is 0.262 e. The molecule has 1 unspecified atom stereocenters. The molecule has 13 nitrogen and oxygen atoms in total. The first-order valence-electron chi connectivity index (χ1n) is 20.5. The van der Waals surface area contributed by atoms with Gasteiger partial charge in [-0.25, -0.2) is 0 Å². The fraction of sp³-hybridized carbons (Fsp3) is 0.467. The van der Waals surface area contributed by atoms with Gasteiger partial charge in [-0.1, -0.05) is 39.3 Å². The van der Waals surface area contributed by atoms with Gasteiger partial charge < -0.3 is 19.4 Å². The van der Waals surface area contributed by atoms with Crippen LogP contribution in [-0.4, -0.2) is 108 Å². The fourth-order valence-corrected chi connectivity index (χ4v) is 11.4. The van der Waals surface area contributed by atoms with Crippen molar-refractivity contribution in [3.8, 4) is 11.8 Å². The minimum atomic E-state index is -0.978. The van der Waals surface area contributed by atoms with Crippen LogP contribution in [0.4, 0.5) is 11.4 Å².